The normalized spacial score (nSPS) is 10.4. The first-order chi connectivity index (χ1) is 5.81. The Bertz CT molecular complexity index is 431. The topological polar surface area (TPSA) is 34.9 Å². The van der Waals surface area contributed by atoms with Gasteiger partial charge in [0.2, 0.25) is 6.29 Å². The molecule has 0 bridgehead atoms. The highest BCUT2D eigenvalue weighted by Crippen LogP contribution is 2.14. The zero-order valence-electron chi connectivity index (χ0n) is 6.61. The van der Waals surface area contributed by atoms with Gasteiger partial charge in [-0.25, -0.2) is 0 Å². The number of aryl methyl sites for hydroxylation is 1. The van der Waals surface area contributed by atoms with E-state index in [1.807, 2.05) is 25.6 Å². The molecule has 0 unspecified atom stereocenters. The average Bonchev–Trinajstić information content (AvgIpc) is 2.44. The first kappa shape index (κ1) is 7.03. The molecule has 1 aromatic heterocycles. The summed E-state index contributed by atoms with van der Waals surface area (Å²) in [6.07, 6.45) is 3.70. The molecule has 3 nitrogen and oxygen atoms in total. The fourth-order valence-electron chi connectivity index (χ4n) is 1.25. The van der Waals surface area contributed by atoms with Crippen LogP contribution in [-0.2, 0) is 11.8 Å². The van der Waals surface area contributed by atoms with Crippen molar-refractivity contribution in [3.05, 3.63) is 30.0 Å². The standard InChI is InChI=1S/C9H7N2O/c1-11-5-8-7(6-12)3-2-4-9(8)10-11/h2-5H,1H3. The van der Waals surface area contributed by atoms with E-state index in [0.717, 1.165) is 10.9 Å². The van der Waals surface area contributed by atoms with Crippen molar-refractivity contribution >= 4 is 17.2 Å². The van der Waals surface area contributed by atoms with Gasteiger partial charge in [-0.1, -0.05) is 12.1 Å². The Kier molecular flexibility index (Phi) is 1.43. The third kappa shape index (κ3) is 0.906. The first-order valence-electron chi connectivity index (χ1n) is 3.62. The maximum atomic E-state index is 10.5. The number of rotatable bonds is 1. The van der Waals surface area contributed by atoms with Crippen molar-refractivity contribution in [1.29, 1.82) is 0 Å². The van der Waals surface area contributed by atoms with Gasteiger partial charge in [-0.2, -0.15) is 5.10 Å². The fourth-order valence-corrected chi connectivity index (χ4v) is 1.25. The van der Waals surface area contributed by atoms with Crippen LogP contribution in [0.5, 0.6) is 0 Å². The monoisotopic (exact) mass is 159 g/mol. The molecule has 3 heteroatoms. The van der Waals surface area contributed by atoms with Crippen LogP contribution in [0, 0.1) is 0 Å². The lowest BCUT2D eigenvalue weighted by atomic mass is 10.1. The molecule has 0 aliphatic heterocycles. The Balaban J connectivity index is 2.86. The second-order valence-corrected chi connectivity index (χ2v) is 2.64. The molecule has 0 amide bonds. The lowest BCUT2D eigenvalue weighted by Crippen LogP contribution is -1.84. The molecule has 2 aromatic rings. The maximum Gasteiger partial charge on any atom is 0.234 e. The molecule has 0 fully saturated rings. The van der Waals surface area contributed by atoms with Crippen LogP contribution in [0.4, 0.5) is 0 Å². The lowest BCUT2D eigenvalue weighted by Gasteiger charge is -1.88. The van der Waals surface area contributed by atoms with E-state index >= 15 is 0 Å². The van der Waals surface area contributed by atoms with Gasteiger partial charge in [-0.15, -0.1) is 0 Å². The number of hydrogen-bond acceptors (Lipinski definition) is 2. The largest absolute Gasteiger partial charge is 0.285 e. The average molecular weight is 159 g/mol. The molecule has 0 spiro atoms. The van der Waals surface area contributed by atoms with Gasteiger partial charge in [0.25, 0.3) is 0 Å². The zero-order chi connectivity index (χ0) is 8.55. The van der Waals surface area contributed by atoms with Crippen LogP contribution in [0.3, 0.4) is 0 Å². The molecule has 0 saturated carbocycles. The molecule has 12 heavy (non-hydrogen) atoms. The molecule has 1 heterocycles. The summed E-state index contributed by atoms with van der Waals surface area (Å²) in [6, 6.07) is 5.41. The van der Waals surface area contributed by atoms with Crippen molar-refractivity contribution in [1.82, 2.24) is 9.78 Å². The molecule has 0 N–H and O–H groups in total. The Morgan fingerprint density at radius 1 is 1.50 bits per heavy atom. The van der Waals surface area contributed by atoms with Crippen LogP contribution < -0.4 is 0 Å². The highest BCUT2D eigenvalue weighted by atomic mass is 16.1. The van der Waals surface area contributed by atoms with Gasteiger partial charge in [-0.05, 0) is 6.07 Å². The second kappa shape index (κ2) is 2.44. The van der Waals surface area contributed by atoms with Gasteiger partial charge in [0.05, 0.1) is 5.52 Å². The lowest BCUT2D eigenvalue weighted by molar-refractivity contribution is 0.563. The maximum absolute atomic E-state index is 10.5. The highest BCUT2D eigenvalue weighted by Gasteiger charge is 2.02. The van der Waals surface area contributed by atoms with Gasteiger partial charge < -0.3 is 0 Å². The summed E-state index contributed by atoms with van der Waals surface area (Å²) in [5, 5.41) is 5.02. The van der Waals surface area contributed by atoms with Crippen LogP contribution in [0.15, 0.2) is 24.4 Å². The van der Waals surface area contributed by atoms with Crippen LogP contribution >= 0.6 is 0 Å². The van der Waals surface area contributed by atoms with Crippen molar-refractivity contribution in [2.45, 2.75) is 0 Å². The summed E-state index contributed by atoms with van der Waals surface area (Å²) < 4.78 is 1.69. The van der Waals surface area contributed by atoms with Gasteiger partial charge in [0.15, 0.2) is 0 Å². The van der Waals surface area contributed by atoms with E-state index in [4.69, 9.17) is 0 Å². The van der Waals surface area contributed by atoms with E-state index in [1.165, 1.54) is 0 Å². The SMILES string of the molecule is Cn1cc2c([C]=O)cccc2n1. The highest BCUT2D eigenvalue weighted by molar-refractivity contribution is 5.96. The van der Waals surface area contributed by atoms with E-state index in [1.54, 1.807) is 16.8 Å². The molecule has 0 aliphatic carbocycles. The van der Waals surface area contributed by atoms with Crippen LogP contribution in [-0.4, -0.2) is 16.1 Å². The van der Waals surface area contributed by atoms with E-state index in [-0.39, 0.29) is 0 Å². The smallest absolute Gasteiger partial charge is 0.234 e. The third-order valence-corrected chi connectivity index (χ3v) is 1.77. The van der Waals surface area contributed by atoms with Crippen LogP contribution in [0.25, 0.3) is 10.9 Å². The minimum atomic E-state index is 0.570. The molecule has 0 aliphatic rings. The molecule has 0 atom stereocenters. The number of fused-ring (bicyclic) bond motifs is 1. The minimum absolute atomic E-state index is 0.570. The summed E-state index contributed by atoms with van der Waals surface area (Å²) in [6.45, 7) is 0. The number of benzene rings is 1. The Morgan fingerprint density at radius 2 is 2.33 bits per heavy atom. The third-order valence-electron chi connectivity index (χ3n) is 1.77. The predicted molar refractivity (Wildman–Crippen MR) is 45.5 cm³/mol. The van der Waals surface area contributed by atoms with Crippen molar-refractivity contribution in [3.63, 3.8) is 0 Å². The van der Waals surface area contributed by atoms with Gasteiger partial charge in [-0.3, -0.25) is 9.48 Å². The summed E-state index contributed by atoms with van der Waals surface area (Å²) in [5.74, 6) is 0. The summed E-state index contributed by atoms with van der Waals surface area (Å²) in [5.41, 5.74) is 1.40. The predicted octanol–water partition coefficient (Wildman–Crippen LogP) is 1.03. The van der Waals surface area contributed by atoms with E-state index < -0.39 is 0 Å². The Hall–Kier alpha value is -1.64. The van der Waals surface area contributed by atoms with E-state index in [2.05, 4.69) is 5.10 Å². The second-order valence-electron chi connectivity index (χ2n) is 2.64. The molecule has 59 valence electrons. The van der Waals surface area contributed by atoms with Crippen molar-refractivity contribution in [2.75, 3.05) is 0 Å². The van der Waals surface area contributed by atoms with Gasteiger partial charge >= 0.3 is 0 Å². The van der Waals surface area contributed by atoms with Crippen molar-refractivity contribution in [3.8, 4) is 0 Å². The molecule has 1 aromatic carbocycles. The molecule has 2 rings (SSSR count). The van der Waals surface area contributed by atoms with Crippen molar-refractivity contribution < 1.29 is 4.79 Å². The Morgan fingerprint density at radius 3 is 3.08 bits per heavy atom. The number of carbonyl (C=O) groups excluding carboxylic acids is 1. The first-order valence-corrected chi connectivity index (χ1v) is 3.62. The van der Waals surface area contributed by atoms with Crippen molar-refractivity contribution in [2.24, 2.45) is 7.05 Å². The molecule has 0 saturated heterocycles. The fraction of sp³-hybridized carbons (Fsp3) is 0.111. The molecule has 1 radical (unpaired) electrons. The summed E-state index contributed by atoms with van der Waals surface area (Å²) in [7, 11) is 1.83. The van der Waals surface area contributed by atoms with E-state index in [9.17, 15) is 4.79 Å². The molecular formula is C9H7N2O. The summed E-state index contributed by atoms with van der Waals surface area (Å²) in [4.78, 5) is 10.5. The number of aromatic nitrogens is 2. The molecular weight excluding hydrogens is 152 g/mol. The van der Waals surface area contributed by atoms with Crippen LogP contribution in [0.2, 0.25) is 0 Å². The number of nitrogens with zero attached hydrogens (tertiary/aromatic N) is 2. The Labute approximate surface area is 69.6 Å². The minimum Gasteiger partial charge on any atom is -0.285 e. The van der Waals surface area contributed by atoms with Crippen LogP contribution in [0.1, 0.15) is 5.56 Å². The summed E-state index contributed by atoms with van der Waals surface area (Å²) >= 11 is 0. The zero-order valence-corrected chi connectivity index (χ0v) is 6.61. The quantitative estimate of drug-likeness (QED) is 0.623. The van der Waals surface area contributed by atoms with E-state index in [0.29, 0.717) is 5.56 Å². The van der Waals surface area contributed by atoms with Gasteiger partial charge in [0.1, 0.15) is 0 Å². The number of hydrogen-bond donors (Lipinski definition) is 0. The van der Waals surface area contributed by atoms with Gasteiger partial charge in [0, 0.05) is 24.2 Å².